The average Bonchev–Trinajstić information content (AvgIpc) is 2.31. The summed E-state index contributed by atoms with van der Waals surface area (Å²) in [5.41, 5.74) is 0. The smallest absolute Gasteiger partial charge is 0.328 e. The van der Waals surface area contributed by atoms with Gasteiger partial charge in [0.1, 0.15) is 5.75 Å². The summed E-state index contributed by atoms with van der Waals surface area (Å²) in [6.45, 7) is 0. The second-order valence-corrected chi connectivity index (χ2v) is 4.60. The van der Waals surface area contributed by atoms with Crippen LogP contribution in [-0.2, 0) is 0 Å². The number of aromatic nitrogens is 3. The molecule has 0 saturated heterocycles. The second-order valence-electron chi connectivity index (χ2n) is 3.02. The van der Waals surface area contributed by atoms with E-state index in [0.29, 0.717) is 11.7 Å². The number of nitrogens with zero attached hydrogens (tertiary/aromatic N) is 3. The number of hydrogen-bond donors (Lipinski definition) is 1. The van der Waals surface area contributed by atoms with E-state index in [2.05, 4.69) is 42.9 Å². The van der Waals surface area contributed by atoms with Gasteiger partial charge in [-0.25, -0.2) is 0 Å². The van der Waals surface area contributed by atoms with Gasteiger partial charge in [0.2, 0.25) is 11.2 Å². The van der Waals surface area contributed by atoms with Crippen molar-refractivity contribution in [3.05, 3.63) is 33.1 Å². The lowest BCUT2D eigenvalue weighted by Crippen LogP contribution is -2.01. The molecule has 0 spiro atoms. The van der Waals surface area contributed by atoms with Crippen molar-refractivity contribution < 1.29 is 4.74 Å². The van der Waals surface area contributed by atoms with E-state index < -0.39 is 0 Å². The normalized spacial score (nSPS) is 10.1. The van der Waals surface area contributed by atoms with Crippen molar-refractivity contribution in [3.8, 4) is 11.8 Å². The molecule has 0 fully saturated rings. The molecule has 0 aliphatic rings. The topological polar surface area (TPSA) is 59.9 Å². The standard InChI is InChI=1S/C10H8ClIN4O/c1-13-9-14-8(11)15-10(16-9)17-7-4-2-6(12)3-5-7/h2-5H,1H3,(H,13,14,15,16). The van der Waals surface area contributed by atoms with E-state index in [9.17, 15) is 0 Å². The zero-order valence-electron chi connectivity index (χ0n) is 8.82. The van der Waals surface area contributed by atoms with Crippen LogP contribution in [0.2, 0.25) is 5.28 Å². The Hall–Kier alpha value is -1.15. The van der Waals surface area contributed by atoms with E-state index in [0.717, 1.165) is 3.57 Å². The number of halogens is 2. The predicted octanol–water partition coefficient (Wildman–Crippen LogP) is 2.96. The van der Waals surface area contributed by atoms with E-state index in [-0.39, 0.29) is 11.3 Å². The van der Waals surface area contributed by atoms with Crippen LogP contribution < -0.4 is 10.1 Å². The molecule has 0 radical (unpaired) electrons. The fraction of sp³-hybridized carbons (Fsp3) is 0.100. The molecule has 1 heterocycles. The van der Waals surface area contributed by atoms with Crippen LogP contribution in [0.4, 0.5) is 5.95 Å². The van der Waals surface area contributed by atoms with Crippen LogP contribution in [0.25, 0.3) is 0 Å². The van der Waals surface area contributed by atoms with Crippen LogP contribution in [0, 0.1) is 3.57 Å². The molecule has 88 valence electrons. The molecule has 0 atom stereocenters. The van der Waals surface area contributed by atoms with E-state index in [1.807, 2.05) is 24.3 Å². The molecule has 5 nitrogen and oxygen atoms in total. The Labute approximate surface area is 117 Å². The lowest BCUT2D eigenvalue weighted by molar-refractivity contribution is 0.440. The lowest BCUT2D eigenvalue weighted by Gasteiger charge is -2.05. The fourth-order valence-electron chi connectivity index (χ4n) is 1.10. The molecule has 0 aliphatic carbocycles. The first-order chi connectivity index (χ1) is 8.17. The van der Waals surface area contributed by atoms with Gasteiger partial charge in [0.05, 0.1) is 0 Å². The van der Waals surface area contributed by atoms with Gasteiger partial charge in [-0.2, -0.15) is 15.0 Å². The molecule has 2 aromatic rings. The van der Waals surface area contributed by atoms with Crippen molar-refractivity contribution in [3.63, 3.8) is 0 Å². The SMILES string of the molecule is CNc1nc(Cl)nc(Oc2ccc(I)cc2)n1. The highest BCUT2D eigenvalue weighted by atomic mass is 127. The maximum atomic E-state index is 5.74. The molecule has 2 rings (SSSR count). The van der Waals surface area contributed by atoms with Gasteiger partial charge in [0.15, 0.2) is 0 Å². The first kappa shape index (κ1) is 12.3. The Morgan fingerprint density at radius 3 is 2.53 bits per heavy atom. The minimum Gasteiger partial charge on any atom is -0.424 e. The maximum Gasteiger partial charge on any atom is 0.328 e. The molecular weight excluding hydrogens is 354 g/mol. The predicted molar refractivity (Wildman–Crippen MR) is 73.6 cm³/mol. The number of benzene rings is 1. The Kier molecular flexibility index (Phi) is 3.95. The molecule has 1 N–H and O–H groups in total. The van der Waals surface area contributed by atoms with Gasteiger partial charge in [0.25, 0.3) is 0 Å². The Balaban J connectivity index is 2.23. The summed E-state index contributed by atoms with van der Waals surface area (Å²) in [7, 11) is 1.69. The van der Waals surface area contributed by atoms with Gasteiger partial charge in [-0.15, -0.1) is 0 Å². The molecule has 0 aliphatic heterocycles. The monoisotopic (exact) mass is 362 g/mol. The highest BCUT2D eigenvalue weighted by Gasteiger charge is 2.05. The second kappa shape index (κ2) is 5.46. The van der Waals surface area contributed by atoms with E-state index in [1.54, 1.807) is 7.05 Å². The quantitative estimate of drug-likeness (QED) is 0.851. The third-order valence-electron chi connectivity index (χ3n) is 1.83. The largest absolute Gasteiger partial charge is 0.424 e. The average molecular weight is 363 g/mol. The van der Waals surface area contributed by atoms with Crippen molar-refractivity contribution in [2.24, 2.45) is 0 Å². The first-order valence-corrected chi connectivity index (χ1v) is 6.16. The Morgan fingerprint density at radius 1 is 1.18 bits per heavy atom. The van der Waals surface area contributed by atoms with Crippen LogP contribution in [-0.4, -0.2) is 22.0 Å². The van der Waals surface area contributed by atoms with Crippen molar-refractivity contribution in [2.45, 2.75) is 0 Å². The third kappa shape index (κ3) is 3.40. The Bertz CT molecular complexity index is 520. The van der Waals surface area contributed by atoms with Crippen LogP contribution in [0.5, 0.6) is 11.8 Å². The molecule has 0 amide bonds. The van der Waals surface area contributed by atoms with Gasteiger partial charge in [-0.05, 0) is 58.5 Å². The number of nitrogens with one attached hydrogen (secondary N) is 1. The molecule has 1 aromatic heterocycles. The molecule has 0 unspecified atom stereocenters. The zero-order chi connectivity index (χ0) is 12.3. The highest BCUT2D eigenvalue weighted by molar-refractivity contribution is 14.1. The van der Waals surface area contributed by atoms with E-state index >= 15 is 0 Å². The van der Waals surface area contributed by atoms with Crippen LogP contribution >= 0.6 is 34.2 Å². The molecule has 0 bridgehead atoms. The van der Waals surface area contributed by atoms with Crippen molar-refractivity contribution >= 4 is 40.1 Å². The molecule has 0 saturated carbocycles. The third-order valence-corrected chi connectivity index (χ3v) is 2.72. The van der Waals surface area contributed by atoms with Gasteiger partial charge in [-0.3, -0.25) is 0 Å². The molecule has 17 heavy (non-hydrogen) atoms. The highest BCUT2D eigenvalue weighted by Crippen LogP contribution is 2.20. The minimum absolute atomic E-state index is 0.0878. The number of anilines is 1. The Morgan fingerprint density at radius 2 is 1.88 bits per heavy atom. The fourth-order valence-corrected chi connectivity index (χ4v) is 1.61. The van der Waals surface area contributed by atoms with E-state index in [1.165, 1.54) is 0 Å². The summed E-state index contributed by atoms with van der Waals surface area (Å²) in [4.78, 5) is 11.8. The first-order valence-electron chi connectivity index (χ1n) is 4.70. The molecular formula is C10H8ClIN4O. The van der Waals surface area contributed by atoms with Crippen LogP contribution in [0.15, 0.2) is 24.3 Å². The van der Waals surface area contributed by atoms with Gasteiger partial charge >= 0.3 is 6.01 Å². The summed E-state index contributed by atoms with van der Waals surface area (Å²) in [5.74, 6) is 1.01. The molecule has 7 heteroatoms. The summed E-state index contributed by atoms with van der Waals surface area (Å²) in [5, 5.41) is 2.86. The minimum atomic E-state index is 0.0878. The summed E-state index contributed by atoms with van der Waals surface area (Å²) >= 11 is 7.95. The molecule has 1 aromatic carbocycles. The van der Waals surface area contributed by atoms with Crippen molar-refractivity contribution in [1.82, 2.24) is 15.0 Å². The van der Waals surface area contributed by atoms with Crippen LogP contribution in [0.1, 0.15) is 0 Å². The van der Waals surface area contributed by atoms with E-state index in [4.69, 9.17) is 16.3 Å². The summed E-state index contributed by atoms with van der Waals surface area (Å²) in [6, 6.07) is 7.68. The van der Waals surface area contributed by atoms with Crippen molar-refractivity contribution in [1.29, 1.82) is 0 Å². The lowest BCUT2D eigenvalue weighted by atomic mass is 10.3. The van der Waals surface area contributed by atoms with Gasteiger partial charge < -0.3 is 10.1 Å². The van der Waals surface area contributed by atoms with Gasteiger partial charge in [-0.1, -0.05) is 0 Å². The van der Waals surface area contributed by atoms with Crippen LogP contribution in [0.3, 0.4) is 0 Å². The maximum absolute atomic E-state index is 5.74. The summed E-state index contributed by atoms with van der Waals surface area (Å²) in [6.07, 6.45) is 0. The number of ether oxygens (including phenoxy) is 1. The number of rotatable bonds is 3. The van der Waals surface area contributed by atoms with Gasteiger partial charge in [0, 0.05) is 10.6 Å². The summed E-state index contributed by atoms with van der Waals surface area (Å²) < 4.78 is 6.59. The zero-order valence-corrected chi connectivity index (χ0v) is 11.7. The number of hydrogen-bond acceptors (Lipinski definition) is 5. The van der Waals surface area contributed by atoms with Crippen molar-refractivity contribution in [2.75, 3.05) is 12.4 Å².